The van der Waals surface area contributed by atoms with Crippen molar-refractivity contribution in [2.75, 3.05) is 7.11 Å². The first-order valence-electron chi connectivity index (χ1n) is 3.96. The van der Waals surface area contributed by atoms with E-state index in [9.17, 15) is 4.79 Å². The first-order valence-corrected chi connectivity index (χ1v) is 4.78. The third-order valence-corrected chi connectivity index (χ3v) is 2.67. The van der Waals surface area contributed by atoms with Crippen molar-refractivity contribution in [3.05, 3.63) is 29.3 Å². The van der Waals surface area contributed by atoms with Crippen molar-refractivity contribution in [2.24, 2.45) is 0 Å². The summed E-state index contributed by atoms with van der Waals surface area (Å²) in [7, 11) is 1.39. The predicted molar refractivity (Wildman–Crippen MR) is 54.2 cm³/mol. The molecule has 0 aliphatic carbocycles. The van der Waals surface area contributed by atoms with Gasteiger partial charge in [0, 0.05) is 4.90 Å². The Kier molecular flexibility index (Phi) is 3.37. The number of aryl methyl sites for hydroxylation is 2. The van der Waals surface area contributed by atoms with Crippen LogP contribution in [0.2, 0.25) is 0 Å². The van der Waals surface area contributed by atoms with Crippen LogP contribution in [0.4, 0.5) is 4.79 Å². The zero-order valence-electron chi connectivity index (χ0n) is 7.96. The van der Waals surface area contributed by atoms with Crippen LogP contribution in [0, 0.1) is 13.8 Å². The summed E-state index contributed by atoms with van der Waals surface area (Å²) < 4.78 is 4.55. The molecule has 0 spiro atoms. The van der Waals surface area contributed by atoms with Gasteiger partial charge in [0.15, 0.2) is 0 Å². The lowest BCUT2D eigenvalue weighted by molar-refractivity contribution is 0.200. The van der Waals surface area contributed by atoms with Crippen molar-refractivity contribution in [2.45, 2.75) is 18.7 Å². The second kappa shape index (κ2) is 4.33. The molecule has 0 saturated carbocycles. The Balaban J connectivity index is 2.79. The average Bonchev–Trinajstić information content (AvgIpc) is 2.11. The minimum atomic E-state index is -0.275. The molecule has 70 valence electrons. The highest BCUT2D eigenvalue weighted by Gasteiger charge is 2.04. The van der Waals surface area contributed by atoms with Crippen molar-refractivity contribution in [1.82, 2.24) is 0 Å². The van der Waals surface area contributed by atoms with Crippen LogP contribution in [-0.2, 0) is 4.74 Å². The van der Waals surface area contributed by atoms with Gasteiger partial charge in [0.1, 0.15) is 0 Å². The monoisotopic (exact) mass is 196 g/mol. The standard InChI is InChI=1S/C10H12O2S/c1-7-4-5-9(6-8(7)2)13-10(11)12-3/h4-6H,1-3H3. The number of hydrogen-bond acceptors (Lipinski definition) is 3. The van der Waals surface area contributed by atoms with Gasteiger partial charge in [-0.2, -0.15) is 0 Å². The van der Waals surface area contributed by atoms with Crippen molar-refractivity contribution in [1.29, 1.82) is 0 Å². The molecular weight excluding hydrogens is 184 g/mol. The van der Waals surface area contributed by atoms with Crippen LogP contribution in [0.25, 0.3) is 0 Å². The number of carbonyl (C=O) groups is 1. The van der Waals surface area contributed by atoms with Gasteiger partial charge in [0.25, 0.3) is 0 Å². The summed E-state index contributed by atoms with van der Waals surface area (Å²) in [6.45, 7) is 4.07. The number of benzene rings is 1. The molecule has 0 aromatic heterocycles. The Morgan fingerprint density at radius 3 is 2.54 bits per heavy atom. The zero-order valence-corrected chi connectivity index (χ0v) is 8.77. The van der Waals surface area contributed by atoms with Crippen LogP contribution in [0.5, 0.6) is 0 Å². The Labute approximate surface area is 82.3 Å². The lowest BCUT2D eigenvalue weighted by Crippen LogP contribution is -1.90. The van der Waals surface area contributed by atoms with E-state index in [0.717, 1.165) is 16.7 Å². The third-order valence-electron chi connectivity index (χ3n) is 1.85. The van der Waals surface area contributed by atoms with Gasteiger partial charge in [-0.1, -0.05) is 6.07 Å². The molecule has 0 bridgehead atoms. The molecule has 0 heterocycles. The molecule has 0 saturated heterocycles. The minimum Gasteiger partial charge on any atom is -0.461 e. The van der Waals surface area contributed by atoms with E-state index < -0.39 is 0 Å². The maximum absolute atomic E-state index is 10.9. The minimum absolute atomic E-state index is 0.275. The highest BCUT2D eigenvalue weighted by atomic mass is 32.2. The van der Waals surface area contributed by atoms with Crippen molar-refractivity contribution < 1.29 is 9.53 Å². The summed E-state index contributed by atoms with van der Waals surface area (Å²) in [6, 6.07) is 5.90. The summed E-state index contributed by atoms with van der Waals surface area (Å²) in [6.07, 6.45) is 0. The van der Waals surface area contributed by atoms with E-state index in [2.05, 4.69) is 4.74 Å². The number of hydrogen-bond donors (Lipinski definition) is 0. The van der Waals surface area contributed by atoms with E-state index in [-0.39, 0.29) is 5.30 Å². The van der Waals surface area contributed by atoms with E-state index in [1.165, 1.54) is 18.2 Å². The number of ether oxygens (including phenoxy) is 1. The third kappa shape index (κ3) is 2.77. The van der Waals surface area contributed by atoms with E-state index in [0.29, 0.717) is 0 Å². The summed E-state index contributed by atoms with van der Waals surface area (Å²) in [4.78, 5) is 11.8. The second-order valence-corrected chi connectivity index (χ2v) is 3.81. The van der Waals surface area contributed by atoms with E-state index in [1.807, 2.05) is 32.0 Å². The summed E-state index contributed by atoms with van der Waals surface area (Å²) in [5.41, 5.74) is 2.42. The van der Waals surface area contributed by atoms with Crippen molar-refractivity contribution in [3.8, 4) is 0 Å². The molecule has 0 unspecified atom stereocenters. The summed E-state index contributed by atoms with van der Waals surface area (Å²) in [5.74, 6) is 0. The second-order valence-electron chi connectivity index (χ2n) is 2.80. The van der Waals surface area contributed by atoms with Crippen LogP contribution in [-0.4, -0.2) is 12.4 Å². The van der Waals surface area contributed by atoms with Gasteiger partial charge >= 0.3 is 5.30 Å². The maximum Gasteiger partial charge on any atom is 0.371 e. The first-order chi connectivity index (χ1) is 6.13. The van der Waals surface area contributed by atoms with Gasteiger partial charge in [0.2, 0.25) is 0 Å². The molecule has 1 aromatic carbocycles. The fraction of sp³-hybridized carbons (Fsp3) is 0.300. The zero-order chi connectivity index (χ0) is 9.84. The van der Waals surface area contributed by atoms with Crippen molar-refractivity contribution >= 4 is 17.1 Å². The van der Waals surface area contributed by atoms with E-state index >= 15 is 0 Å². The Hall–Kier alpha value is -0.960. The number of thioether (sulfide) groups is 1. The molecule has 0 aliphatic rings. The molecule has 0 amide bonds. The Morgan fingerprint density at radius 1 is 1.31 bits per heavy atom. The first kappa shape index (κ1) is 10.1. The van der Waals surface area contributed by atoms with Crippen molar-refractivity contribution in [3.63, 3.8) is 0 Å². The van der Waals surface area contributed by atoms with Crippen LogP contribution >= 0.6 is 11.8 Å². The fourth-order valence-corrected chi connectivity index (χ4v) is 1.56. The van der Waals surface area contributed by atoms with Crippen LogP contribution in [0.3, 0.4) is 0 Å². The van der Waals surface area contributed by atoms with E-state index in [1.54, 1.807) is 0 Å². The average molecular weight is 196 g/mol. The number of rotatable bonds is 1. The molecule has 13 heavy (non-hydrogen) atoms. The SMILES string of the molecule is COC(=O)Sc1ccc(C)c(C)c1. The topological polar surface area (TPSA) is 26.3 Å². The lowest BCUT2D eigenvalue weighted by atomic mass is 10.1. The number of carbonyl (C=O) groups excluding carboxylic acids is 1. The fourth-order valence-electron chi connectivity index (χ4n) is 0.915. The molecule has 0 N–H and O–H groups in total. The molecule has 0 aliphatic heterocycles. The summed E-state index contributed by atoms with van der Waals surface area (Å²) >= 11 is 1.11. The van der Waals surface area contributed by atoms with Gasteiger partial charge in [-0.25, -0.2) is 4.79 Å². The molecule has 3 heteroatoms. The predicted octanol–water partition coefficient (Wildman–Crippen LogP) is 3.16. The smallest absolute Gasteiger partial charge is 0.371 e. The normalized spacial score (nSPS) is 9.77. The van der Waals surface area contributed by atoms with Crippen LogP contribution < -0.4 is 0 Å². The molecule has 1 aromatic rings. The molecule has 1 rings (SSSR count). The van der Waals surface area contributed by atoms with Gasteiger partial charge < -0.3 is 4.74 Å². The van der Waals surface area contributed by atoms with Gasteiger partial charge in [0.05, 0.1) is 7.11 Å². The molecule has 0 atom stereocenters. The van der Waals surface area contributed by atoms with E-state index in [4.69, 9.17) is 0 Å². The Bertz CT molecular complexity index is 321. The summed E-state index contributed by atoms with van der Waals surface area (Å²) in [5, 5.41) is -0.275. The van der Waals surface area contributed by atoms with Gasteiger partial charge in [-0.15, -0.1) is 0 Å². The van der Waals surface area contributed by atoms with Crippen LogP contribution in [0.15, 0.2) is 23.1 Å². The largest absolute Gasteiger partial charge is 0.461 e. The Morgan fingerprint density at radius 2 is 2.00 bits per heavy atom. The molecule has 0 fully saturated rings. The maximum atomic E-state index is 10.9. The van der Waals surface area contributed by atoms with Gasteiger partial charge in [-0.05, 0) is 48.9 Å². The van der Waals surface area contributed by atoms with Gasteiger partial charge in [-0.3, -0.25) is 0 Å². The van der Waals surface area contributed by atoms with Crippen LogP contribution in [0.1, 0.15) is 11.1 Å². The highest BCUT2D eigenvalue weighted by Crippen LogP contribution is 2.22. The molecule has 0 radical (unpaired) electrons. The quantitative estimate of drug-likeness (QED) is 0.510. The highest BCUT2D eigenvalue weighted by molar-refractivity contribution is 8.13. The molecule has 2 nitrogen and oxygen atoms in total. The lowest BCUT2D eigenvalue weighted by Gasteiger charge is -2.02. The number of methoxy groups -OCH3 is 1. The molecular formula is C10H12O2S.